The molecule has 1 aliphatic rings. The number of piperidine rings is 1. The SMILES string of the molecule is COCc1nsc(N2CCC(c3noc4cc(F)ccc34)CC2)n1. The van der Waals surface area contributed by atoms with Gasteiger partial charge in [0.25, 0.3) is 0 Å². The Bertz CT molecular complexity index is 842. The topological polar surface area (TPSA) is 64.3 Å². The number of halogens is 1. The molecule has 0 atom stereocenters. The Morgan fingerprint density at radius 1 is 1.38 bits per heavy atom. The number of ether oxygens (including phenoxy) is 1. The first-order chi connectivity index (χ1) is 11.7. The van der Waals surface area contributed by atoms with Gasteiger partial charge in [-0.3, -0.25) is 0 Å². The molecule has 1 saturated heterocycles. The monoisotopic (exact) mass is 348 g/mol. The van der Waals surface area contributed by atoms with Gasteiger partial charge in [0.15, 0.2) is 11.4 Å². The predicted octanol–water partition coefficient (Wildman–Crippen LogP) is 3.35. The van der Waals surface area contributed by atoms with E-state index in [-0.39, 0.29) is 5.82 Å². The third-order valence-electron chi connectivity index (χ3n) is 4.34. The molecule has 3 aromatic rings. The summed E-state index contributed by atoms with van der Waals surface area (Å²) in [6.45, 7) is 2.22. The fourth-order valence-corrected chi connectivity index (χ4v) is 3.86. The first kappa shape index (κ1) is 15.5. The van der Waals surface area contributed by atoms with Crippen molar-refractivity contribution in [3.8, 4) is 0 Å². The third kappa shape index (κ3) is 2.87. The molecule has 0 spiro atoms. The Kier molecular flexibility index (Phi) is 4.15. The van der Waals surface area contributed by atoms with Crippen molar-refractivity contribution in [2.75, 3.05) is 25.1 Å². The molecule has 0 unspecified atom stereocenters. The molecular weight excluding hydrogens is 331 g/mol. The predicted molar refractivity (Wildman–Crippen MR) is 88.8 cm³/mol. The molecule has 0 amide bonds. The minimum atomic E-state index is -0.303. The van der Waals surface area contributed by atoms with Crippen LogP contribution in [0.25, 0.3) is 11.0 Å². The average Bonchev–Trinajstić information content (AvgIpc) is 3.22. The second kappa shape index (κ2) is 6.45. The van der Waals surface area contributed by atoms with Crippen LogP contribution < -0.4 is 4.90 Å². The number of aromatic nitrogens is 3. The highest BCUT2D eigenvalue weighted by atomic mass is 32.1. The number of anilines is 1. The Morgan fingerprint density at radius 2 is 2.21 bits per heavy atom. The van der Waals surface area contributed by atoms with Gasteiger partial charge in [-0.1, -0.05) is 5.16 Å². The van der Waals surface area contributed by atoms with E-state index in [4.69, 9.17) is 9.26 Å². The molecule has 0 radical (unpaired) electrons. The smallest absolute Gasteiger partial charge is 0.205 e. The lowest BCUT2D eigenvalue weighted by molar-refractivity contribution is 0.179. The number of hydrogen-bond acceptors (Lipinski definition) is 7. The normalized spacial score (nSPS) is 16.2. The molecule has 1 aromatic carbocycles. The van der Waals surface area contributed by atoms with Crippen LogP contribution in [0.2, 0.25) is 0 Å². The molecule has 1 aliphatic heterocycles. The van der Waals surface area contributed by atoms with Crippen molar-refractivity contribution in [3.05, 3.63) is 35.5 Å². The lowest BCUT2D eigenvalue weighted by atomic mass is 9.92. The van der Waals surface area contributed by atoms with Crippen molar-refractivity contribution in [3.63, 3.8) is 0 Å². The van der Waals surface area contributed by atoms with Crippen molar-refractivity contribution < 1.29 is 13.7 Å². The Labute approximate surface area is 142 Å². The molecule has 0 bridgehead atoms. The summed E-state index contributed by atoms with van der Waals surface area (Å²) in [6.07, 6.45) is 1.91. The van der Waals surface area contributed by atoms with Gasteiger partial charge in [0.1, 0.15) is 12.4 Å². The van der Waals surface area contributed by atoms with Crippen LogP contribution in [0.5, 0.6) is 0 Å². The van der Waals surface area contributed by atoms with E-state index in [0.717, 1.165) is 48.0 Å². The molecule has 2 aromatic heterocycles. The molecule has 0 aliphatic carbocycles. The summed E-state index contributed by atoms with van der Waals surface area (Å²) in [5.74, 6) is 0.742. The van der Waals surface area contributed by atoms with Crippen LogP contribution in [-0.4, -0.2) is 34.7 Å². The Morgan fingerprint density at radius 3 is 3.00 bits per heavy atom. The van der Waals surface area contributed by atoms with Gasteiger partial charge < -0.3 is 14.2 Å². The van der Waals surface area contributed by atoms with Crippen LogP contribution in [0.4, 0.5) is 9.52 Å². The van der Waals surface area contributed by atoms with Gasteiger partial charge in [-0.25, -0.2) is 9.37 Å². The second-order valence-electron chi connectivity index (χ2n) is 5.90. The summed E-state index contributed by atoms with van der Waals surface area (Å²) in [5.41, 5.74) is 1.45. The van der Waals surface area contributed by atoms with Gasteiger partial charge >= 0.3 is 0 Å². The molecule has 8 heteroatoms. The molecule has 24 heavy (non-hydrogen) atoms. The summed E-state index contributed by atoms with van der Waals surface area (Å²) in [6, 6.07) is 4.60. The van der Waals surface area contributed by atoms with Crippen molar-refractivity contribution in [1.82, 2.24) is 14.5 Å². The zero-order valence-electron chi connectivity index (χ0n) is 13.2. The summed E-state index contributed by atoms with van der Waals surface area (Å²) >= 11 is 1.41. The number of methoxy groups -OCH3 is 1. The maximum atomic E-state index is 13.3. The van der Waals surface area contributed by atoms with E-state index in [1.54, 1.807) is 13.2 Å². The standard InChI is InChI=1S/C16H17FN4O2S/c1-22-9-14-18-16(24-20-14)21-6-4-10(5-7-21)15-12-3-2-11(17)8-13(12)23-19-15/h2-3,8,10H,4-7,9H2,1H3. The fourth-order valence-electron chi connectivity index (χ4n) is 3.13. The summed E-state index contributed by atoms with van der Waals surface area (Å²) in [5, 5.41) is 6.03. The highest BCUT2D eigenvalue weighted by Crippen LogP contribution is 2.34. The Hall–Kier alpha value is -2.06. The zero-order valence-corrected chi connectivity index (χ0v) is 14.1. The molecule has 126 valence electrons. The van der Waals surface area contributed by atoms with Crippen molar-refractivity contribution in [2.24, 2.45) is 0 Å². The molecular formula is C16H17FN4O2S. The number of rotatable bonds is 4. The van der Waals surface area contributed by atoms with E-state index in [0.29, 0.717) is 18.1 Å². The molecule has 1 fully saturated rings. The van der Waals surface area contributed by atoms with Crippen LogP contribution in [-0.2, 0) is 11.3 Å². The van der Waals surface area contributed by atoms with Gasteiger partial charge in [0, 0.05) is 49.1 Å². The first-order valence-corrected chi connectivity index (χ1v) is 8.63. The molecule has 0 N–H and O–H groups in total. The molecule has 0 saturated carbocycles. The van der Waals surface area contributed by atoms with E-state index < -0.39 is 0 Å². The maximum Gasteiger partial charge on any atom is 0.205 e. The zero-order chi connectivity index (χ0) is 16.5. The maximum absolute atomic E-state index is 13.3. The third-order valence-corrected chi connectivity index (χ3v) is 5.16. The number of nitrogens with zero attached hydrogens (tertiary/aromatic N) is 4. The van der Waals surface area contributed by atoms with Crippen LogP contribution in [0.1, 0.15) is 30.3 Å². The molecule has 3 heterocycles. The van der Waals surface area contributed by atoms with Crippen molar-refractivity contribution in [1.29, 1.82) is 0 Å². The number of fused-ring (bicyclic) bond motifs is 1. The van der Waals surface area contributed by atoms with Crippen LogP contribution in [0.15, 0.2) is 22.7 Å². The quantitative estimate of drug-likeness (QED) is 0.720. The molecule has 4 rings (SSSR count). The number of benzene rings is 1. The Balaban J connectivity index is 1.47. The lowest BCUT2D eigenvalue weighted by Gasteiger charge is -2.30. The fraction of sp³-hybridized carbons (Fsp3) is 0.438. The summed E-state index contributed by atoms with van der Waals surface area (Å²) in [7, 11) is 1.64. The van der Waals surface area contributed by atoms with Gasteiger partial charge in [-0.05, 0) is 25.0 Å². The number of hydrogen-bond donors (Lipinski definition) is 0. The van der Waals surface area contributed by atoms with Crippen LogP contribution >= 0.6 is 11.5 Å². The molecule has 6 nitrogen and oxygen atoms in total. The van der Waals surface area contributed by atoms with Gasteiger partial charge in [0.2, 0.25) is 5.13 Å². The van der Waals surface area contributed by atoms with Crippen molar-refractivity contribution in [2.45, 2.75) is 25.4 Å². The minimum Gasteiger partial charge on any atom is -0.377 e. The van der Waals surface area contributed by atoms with E-state index in [9.17, 15) is 4.39 Å². The first-order valence-electron chi connectivity index (χ1n) is 7.86. The van der Waals surface area contributed by atoms with Crippen LogP contribution in [0.3, 0.4) is 0 Å². The van der Waals surface area contributed by atoms with E-state index in [1.807, 2.05) is 0 Å². The van der Waals surface area contributed by atoms with Crippen LogP contribution in [0, 0.1) is 5.82 Å². The highest BCUT2D eigenvalue weighted by molar-refractivity contribution is 7.09. The lowest BCUT2D eigenvalue weighted by Crippen LogP contribution is -2.32. The van der Waals surface area contributed by atoms with Gasteiger partial charge in [-0.15, -0.1) is 0 Å². The van der Waals surface area contributed by atoms with E-state index in [2.05, 4.69) is 19.4 Å². The highest BCUT2D eigenvalue weighted by Gasteiger charge is 2.26. The van der Waals surface area contributed by atoms with Gasteiger partial charge in [-0.2, -0.15) is 4.37 Å². The van der Waals surface area contributed by atoms with Crippen molar-refractivity contribution >= 4 is 27.6 Å². The largest absolute Gasteiger partial charge is 0.377 e. The second-order valence-corrected chi connectivity index (χ2v) is 6.63. The van der Waals surface area contributed by atoms with Gasteiger partial charge in [0.05, 0.1) is 5.69 Å². The minimum absolute atomic E-state index is 0.303. The summed E-state index contributed by atoms with van der Waals surface area (Å²) in [4.78, 5) is 6.75. The van der Waals surface area contributed by atoms with E-state index >= 15 is 0 Å². The average molecular weight is 348 g/mol. The summed E-state index contributed by atoms with van der Waals surface area (Å²) < 4.78 is 27.9. The van der Waals surface area contributed by atoms with E-state index in [1.165, 1.54) is 23.7 Å².